The molecule has 110 valence electrons. The van der Waals surface area contributed by atoms with Crippen LogP contribution in [0.15, 0.2) is 54.6 Å². The molecule has 2 aromatic rings. The van der Waals surface area contributed by atoms with Gasteiger partial charge >= 0.3 is 0 Å². The standard InChI is InChI=1S/C19H23NO/c1-21-17-11-7-10-16(14-17)20-19-13-6-5-12-18(19)15-8-3-2-4-9-15/h2-4,7-11,14,18-20H,5-6,12-13H2,1H3. The van der Waals surface area contributed by atoms with Crippen molar-refractivity contribution in [2.45, 2.75) is 37.6 Å². The van der Waals surface area contributed by atoms with Crippen molar-refractivity contribution >= 4 is 5.69 Å². The summed E-state index contributed by atoms with van der Waals surface area (Å²) >= 11 is 0. The van der Waals surface area contributed by atoms with Crippen LogP contribution in [-0.2, 0) is 0 Å². The number of rotatable bonds is 4. The van der Waals surface area contributed by atoms with Gasteiger partial charge in [0.1, 0.15) is 5.75 Å². The monoisotopic (exact) mass is 281 g/mol. The maximum atomic E-state index is 5.32. The van der Waals surface area contributed by atoms with Crippen LogP contribution in [0.2, 0.25) is 0 Å². The summed E-state index contributed by atoms with van der Waals surface area (Å²) in [4.78, 5) is 0. The Hall–Kier alpha value is -1.96. The molecule has 0 radical (unpaired) electrons. The van der Waals surface area contributed by atoms with Gasteiger partial charge in [0.25, 0.3) is 0 Å². The van der Waals surface area contributed by atoms with Gasteiger partial charge in [-0.3, -0.25) is 0 Å². The van der Waals surface area contributed by atoms with E-state index in [0.717, 1.165) is 11.4 Å². The SMILES string of the molecule is COc1cccc(NC2CCCCC2c2ccccc2)c1. The number of benzene rings is 2. The van der Waals surface area contributed by atoms with Gasteiger partial charge in [0.05, 0.1) is 7.11 Å². The molecule has 0 aromatic heterocycles. The molecule has 0 saturated heterocycles. The van der Waals surface area contributed by atoms with E-state index in [0.29, 0.717) is 12.0 Å². The Morgan fingerprint density at radius 1 is 0.952 bits per heavy atom. The number of nitrogens with one attached hydrogen (secondary N) is 1. The topological polar surface area (TPSA) is 21.3 Å². The van der Waals surface area contributed by atoms with Crippen LogP contribution in [-0.4, -0.2) is 13.2 Å². The highest BCUT2D eigenvalue weighted by molar-refractivity contribution is 5.49. The maximum Gasteiger partial charge on any atom is 0.120 e. The van der Waals surface area contributed by atoms with Gasteiger partial charge in [0.2, 0.25) is 0 Å². The van der Waals surface area contributed by atoms with Crippen molar-refractivity contribution in [2.24, 2.45) is 0 Å². The third-order valence-corrected chi connectivity index (χ3v) is 4.42. The van der Waals surface area contributed by atoms with E-state index in [1.165, 1.54) is 31.2 Å². The first-order valence-electron chi connectivity index (χ1n) is 7.82. The van der Waals surface area contributed by atoms with Gasteiger partial charge in [-0.25, -0.2) is 0 Å². The lowest BCUT2D eigenvalue weighted by Gasteiger charge is -2.33. The van der Waals surface area contributed by atoms with Crippen LogP contribution >= 0.6 is 0 Å². The average Bonchev–Trinajstić information content (AvgIpc) is 2.56. The molecule has 2 aromatic carbocycles. The van der Waals surface area contributed by atoms with Crippen molar-refractivity contribution in [2.75, 3.05) is 12.4 Å². The minimum Gasteiger partial charge on any atom is -0.497 e. The van der Waals surface area contributed by atoms with Crippen molar-refractivity contribution < 1.29 is 4.74 Å². The summed E-state index contributed by atoms with van der Waals surface area (Å²) in [5.41, 5.74) is 2.61. The summed E-state index contributed by atoms with van der Waals surface area (Å²) in [5.74, 6) is 1.51. The molecule has 3 rings (SSSR count). The van der Waals surface area contributed by atoms with Crippen LogP contribution in [0.3, 0.4) is 0 Å². The highest BCUT2D eigenvalue weighted by Gasteiger charge is 2.26. The number of ether oxygens (including phenoxy) is 1. The Kier molecular flexibility index (Phi) is 4.44. The smallest absolute Gasteiger partial charge is 0.120 e. The second-order valence-corrected chi connectivity index (χ2v) is 5.78. The fourth-order valence-corrected chi connectivity index (χ4v) is 3.33. The number of hydrogen-bond acceptors (Lipinski definition) is 2. The summed E-state index contributed by atoms with van der Waals surface area (Å²) in [5, 5.41) is 3.72. The van der Waals surface area contributed by atoms with Gasteiger partial charge in [0.15, 0.2) is 0 Å². The molecule has 1 fully saturated rings. The van der Waals surface area contributed by atoms with Crippen molar-refractivity contribution in [1.82, 2.24) is 0 Å². The van der Waals surface area contributed by atoms with Gasteiger partial charge in [-0.1, -0.05) is 49.2 Å². The second-order valence-electron chi connectivity index (χ2n) is 5.78. The summed E-state index contributed by atoms with van der Waals surface area (Å²) in [6.45, 7) is 0. The van der Waals surface area contributed by atoms with Crippen molar-refractivity contribution in [3.63, 3.8) is 0 Å². The van der Waals surface area contributed by atoms with E-state index in [1.54, 1.807) is 7.11 Å². The lowest BCUT2D eigenvalue weighted by atomic mass is 9.80. The first-order chi connectivity index (χ1) is 10.4. The van der Waals surface area contributed by atoms with Crippen LogP contribution in [0.5, 0.6) is 5.75 Å². The van der Waals surface area contributed by atoms with Crippen LogP contribution < -0.4 is 10.1 Å². The molecular weight excluding hydrogens is 258 g/mol. The molecule has 2 unspecified atom stereocenters. The molecule has 0 spiro atoms. The number of hydrogen-bond donors (Lipinski definition) is 1. The van der Waals surface area contributed by atoms with E-state index < -0.39 is 0 Å². The Labute approximate surface area is 127 Å². The molecule has 0 amide bonds. The van der Waals surface area contributed by atoms with Gasteiger partial charge < -0.3 is 10.1 Å². The number of anilines is 1. The molecule has 1 aliphatic rings. The Bertz CT molecular complexity index is 567. The predicted octanol–water partition coefficient (Wildman–Crippen LogP) is 4.83. The third kappa shape index (κ3) is 3.38. The minimum absolute atomic E-state index is 0.508. The highest BCUT2D eigenvalue weighted by atomic mass is 16.5. The molecular formula is C19H23NO. The molecule has 2 heteroatoms. The average molecular weight is 281 g/mol. The van der Waals surface area contributed by atoms with Gasteiger partial charge in [0, 0.05) is 23.7 Å². The molecule has 0 heterocycles. The normalized spacial score (nSPS) is 21.8. The third-order valence-electron chi connectivity index (χ3n) is 4.42. The van der Waals surface area contributed by atoms with E-state index in [9.17, 15) is 0 Å². The van der Waals surface area contributed by atoms with E-state index >= 15 is 0 Å². The largest absolute Gasteiger partial charge is 0.497 e. The molecule has 1 aliphatic carbocycles. The van der Waals surface area contributed by atoms with Crippen LogP contribution in [0.25, 0.3) is 0 Å². The molecule has 21 heavy (non-hydrogen) atoms. The highest BCUT2D eigenvalue weighted by Crippen LogP contribution is 2.35. The summed E-state index contributed by atoms with van der Waals surface area (Å²) in [7, 11) is 1.71. The molecule has 1 N–H and O–H groups in total. The van der Waals surface area contributed by atoms with Crippen molar-refractivity contribution in [3.8, 4) is 5.75 Å². The Morgan fingerprint density at radius 2 is 1.76 bits per heavy atom. The van der Waals surface area contributed by atoms with Gasteiger partial charge in [-0.15, -0.1) is 0 Å². The fraction of sp³-hybridized carbons (Fsp3) is 0.368. The van der Waals surface area contributed by atoms with Crippen LogP contribution in [0.4, 0.5) is 5.69 Å². The van der Waals surface area contributed by atoms with E-state index in [-0.39, 0.29) is 0 Å². The summed E-state index contributed by atoms with van der Waals surface area (Å²) < 4.78 is 5.32. The molecule has 1 saturated carbocycles. The quantitative estimate of drug-likeness (QED) is 0.866. The van der Waals surface area contributed by atoms with Gasteiger partial charge in [-0.2, -0.15) is 0 Å². The van der Waals surface area contributed by atoms with E-state index in [2.05, 4.69) is 47.8 Å². The second kappa shape index (κ2) is 6.66. The maximum absolute atomic E-state index is 5.32. The van der Waals surface area contributed by atoms with Crippen molar-refractivity contribution in [3.05, 3.63) is 60.2 Å². The molecule has 0 bridgehead atoms. The molecule has 0 aliphatic heterocycles. The minimum atomic E-state index is 0.508. The van der Waals surface area contributed by atoms with E-state index in [4.69, 9.17) is 4.74 Å². The Morgan fingerprint density at radius 3 is 2.57 bits per heavy atom. The fourth-order valence-electron chi connectivity index (χ4n) is 3.33. The Balaban J connectivity index is 1.78. The van der Waals surface area contributed by atoms with Crippen molar-refractivity contribution in [1.29, 1.82) is 0 Å². The lowest BCUT2D eigenvalue weighted by Crippen LogP contribution is -2.30. The predicted molar refractivity (Wildman–Crippen MR) is 88.1 cm³/mol. The summed E-state index contributed by atoms with van der Waals surface area (Å²) in [6.07, 6.45) is 5.14. The summed E-state index contributed by atoms with van der Waals surface area (Å²) in [6, 6.07) is 19.6. The molecule has 2 atom stereocenters. The molecule has 2 nitrogen and oxygen atoms in total. The van der Waals surface area contributed by atoms with E-state index in [1.807, 2.05) is 12.1 Å². The van der Waals surface area contributed by atoms with Gasteiger partial charge in [-0.05, 0) is 30.5 Å². The zero-order valence-corrected chi connectivity index (χ0v) is 12.6. The lowest BCUT2D eigenvalue weighted by molar-refractivity contribution is 0.403. The zero-order valence-electron chi connectivity index (χ0n) is 12.6. The number of methoxy groups -OCH3 is 1. The van der Waals surface area contributed by atoms with Crippen LogP contribution in [0, 0.1) is 0 Å². The first kappa shape index (κ1) is 14.0. The first-order valence-corrected chi connectivity index (χ1v) is 7.82. The zero-order chi connectivity index (χ0) is 14.5. The van der Waals surface area contributed by atoms with Crippen LogP contribution in [0.1, 0.15) is 37.2 Å².